The minimum Gasteiger partial charge on any atom is -0.465 e. The largest absolute Gasteiger partial charge is 0.465 e. The highest BCUT2D eigenvalue weighted by Crippen LogP contribution is 2.40. The van der Waals surface area contributed by atoms with Crippen LogP contribution in [0.3, 0.4) is 0 Å². The lowest BCUT2D eigenvalue weighted by molar-refractivity contribution is -0.143. The van der Waals surface area contributed by atoms with Crippen molar-refractivity contribution in [3.8, 4) is 0 Å². The van der Waals surface area contributed by atoms with Crippen LogP contribution in [0.1, 0.15) is 57.3 Å². The molecule has 27 heavy (non-hydrogen) atoms. The minimum atomic E-state index is -5.32. The van der Waals surface area contributed by atoms with Crippen LogP contribution in [-0.2, 0) is 25.1 Å². The van der Waals surface area contributed by atoms with Gasteiger partial charge in [0, 0.05) is 19.8 Å². The third-order valence-electron chi connectivity index (χ3n) is 3.27. The molecule has 12 heteroatoms. The van der Waals surface area contributed by atoms with Crippen molar-refractivity contribution in [1.29, 1.82) is 0 Å². The van der Waals surface area contributed by atoms with E-state index in [1.54, 1.807) is 0 Å². The quantitative estimate of drug-likeness (QED) is 0.394. The zero-order valence-corrected chi connectivity index (χ0v) is 14.6. The summed E-state index contributed by atoms with van der Waals surface area (Å²) in [5, 5.41) is 0. The Morgan fingerprint density at radius 1 is 1.04 bits per heavy atom. The van der Waals surface area contributed by atoms with Crippen molar-refractivity contribution in [2.75, 3.05) is 27.9 Å². The third kappa shape index (κ3) is 4.69. The van der Waals surface area contributed by atoms with Crippen molar-refractivity contribution in [3.05, 3.63) is 28.1 Å². The lowest BCUT2D eigenvalue weighted by atomic mass is 9.96. The van der Waals surface area contributed by atoms with E-state index in [2.05, 4.69) is 14.5 Å². The predicted octanol–water partition coefficient (Wildman–Crippen LogP) is 3.29. The number of alkyl halides is 5. The van der Waals surface area contributed by atoms with E-state index in [0.717, 1.165) is 21.3 Å². The van der Waals surface area contributed by atoms with Gasteiger partial charge >= 0.3 is 18.1 Å². The fourth-order valence-corrected chi connectivity index (χ4v) is 2.28. The number of methoxy groups -OCH3 is 3. The zero-order chi connectivity index (χ0) is 20.9. The second-order valence-corrected chi connectivity index (χ2v) is 4.82. The molecular weight excluding hydrogens is 385 g/mol. The Morgan fingerprint density at radius 3 is 1.96 bits per heavy atom. The molecule has 0 unspecified atom stereocenters. The van der Waals surface area contributed by atoms with Crippen LogP contribution in [0.25, 0.3) is 0 Å². The third-order valence-corrected chi connectivity index (χ3v) is 3.27. The highest BCUT2D eigenvalue weighted by atomic mass is 19.4. The number of aromatic nitrogens is 1. The van der Waals surface area contributed by atoms with Gasteiger partial charge in [-0.3, -0.25) is 0 Å². The maximum absolute atomic E-state index is 13.4. The molecule has 1 aromatic heterocycles. The molecule has 0 atom stereocenters. The Labute approximate surface area is 150 Å². The molecule has 0 saturated carbocycles. The van der Waals surface area contributed by atoms with Crippen molar-refractivity contribution < 1.29 is 50.5 Å². The number of ether oxygens (including phenoxy) is 4. The smallest absolute Gasteiger partial charge is 0.434 e. The van der Waals surface area contributed by atoms with E-state index in [4.69, 9.17) is 9.47 Å². The van der Waals surface area contributed by atoms with Gasteiger partial charge in [0.2, 0.25) is 0 Å². The monoisotopic (exact) mass is 401 g/mol. The molecule has 0 bridgehead atoms. The van der Waals surface area contributed by atoms with E-state index in [0.29, 0.717) is 0 Å². The van der Waals surface area contributed by atoms with Crippen molar-refractivity contribution in [1.82, 2.24) is 4.98 Å². The number of nitrogens with zero attached hydrogens (tertiary/aromatic N) is 1. The van der Waals surface area contributed by atoms with Crippen molar-refractivity contribution in [2.45, 2.75) is 25.8 Å². The summed E-state index contributed by atoms with van der Waals surface area (Å²) in [7, 11) is 2.76. The average Bonchev–Trinajstić information content (AvgIpc) is 2.60. The number of carbonyl (C=O) groups excluding carboxylic acids is 2. The van der Waals surface area contributed by atoms with Gasteiger partial charge in [0.1, 0.15) is 5.69 Å². The first-order valence-electron chi connectivity index (χ1n) is 7.29. The van der Waals surface area contributed by atoms with Crippen LogP contribution >= 0.6 is 0 Å². The van der Waals surface area contributed by atoms with Crippen LogP contribution in [0.2, 0.25) is 0 Å². The molecule has 0 aliphatic carbocycles. The number of hydrogen-bond donors (Lipinski definition) is 0. The van der Waals surface area contributed by atoms with Crippen LogP contribution in [0.15, 0.2) is 0 Å². The van der Waals surface area contributed by atoms with Crippen LogP contribution in [-0.4, -0.2) is 44.9 Å². The summed E-state index contributed by atoms with van der Waals surface area (Å²) in [5.41, 5.74) is -6.75. The van der Waals surface area contributed by atoms with E-state index in [1.165, 1.54) is 6.92 Å². The summed E-state index contributed by atoms with van der Waals surface area (Å²) in [6.07, 6.45) is -10.7. The highest BCUT2D eigenvalue weighted by molar-refractivity contribution is 5.99. The summed E-state index contributed by atoms with van der Waals surface area (Å²) in [5.74, 6) is -3.00. The molecule has 0 amide bonds. The summed E-state index contributed by atoms with van der Waals surface area (Å²) in [4.78, 5) is 27.1. The fourth-order valence-electron chi connectivity index (χ4n) is 2.28. The Kier molecular flexibility index (Phi) is 7.60. The number of hydrogen-bond acceptors (Lipinski definition) is 7. The van der Waals surface area contributed by atoms with E-state index in [9.17, 15) is 31.5 Å². The van der Waals surface area contributed by atoms with Gasteiger partial charge in [-0.15, -0.1) is 0 Å². The molecule has 1 rings (SSSR count). The van der Waals surface area contributed by atoms with Gasteiger partial charge in [-0.2, -0.15) is 13.2 Å². The second-order valence-electron chi connectivity index (χ2n) is 4.82. The van der Waals surface area contributed by atoms with E-state index in [-0.39, 0.29) is 6.61 Å². The molecule has 0 N–H and O–H groups in total. The first-order chi connectivity index (χ1) is 12.5. The van der Waals surface area contributed by atoms with Gasteiger partial charge in [-0.05, 0) is 6.92 Å². The summed E-state index contributed by atoms with van der Waals surface area (Å²) in [6, 6.07) is 0. The molecule has 0 spiro atoms. The lowest BCUT2D eigenvalue weighted by Gasteiger charge is -2.24. The highest BCUT2D eigenvalue weighted by Gasteiger charge is 2.45. The predicted molar refractivity (Wildman–Crippen MR) is 78.3 cm³/mol. The summed E-state index contributed by atoms with van der Waals surface area (Å²) >= 11 is 0. The molecule has 0 saturated heterocycles. The molecule has 1 aromatic rings. The number of pyridine rings is 1. The molecule has 0 radical (unpaired) electrons. The van der Waals surface area contributed by atoms with Crippen LogP contribution in [0, 0.1) is 0 Å². The Bertz CT molecular complexity index is 703. The Balaban J connectivity index is 4.16. The molecule has 152 valence electrons. The normalized spacial score (nSPS) is 11.8. The zero-order valence-electron chi connectivity index (χ0n) is 14.6. The molecule has 0 fully saturated rings. The number of rotatable bonds is 7. The maximum Gasteiger partial charge on any atom is 0.434 e. The standard InChI is InChI=1S/C15H16F5NO6/c1-5-27-13(23)8-6(14(25-3)26-4)7(12(22)24-2)9(11(16)17)21-10(8)15(18,19)20/h11,14H,5H2,1-4H3. The summed E-state index contributed by atoms with van der Waals surface area (Å²) < 4.78 is 85.7. The number of halogens is 5. The van der Waals surface area contributed by atoms with Crippen molar-refractivity contribution in [3.63, 3.8) is 0 Å². The van der Waals surface area contributed by atoms with Crippen LogP contribution in [0.5, 0.6) is 0 Å². The van der Waals surface area contributed by atoms with Crippen LogP contribution in [0.4, 0.5) is 22.0 Å². The topological polar surface area (TPSA) is 84.0 Å². The van der Waals surface area contributed by atoms with Gasteiger partial charge in [-0.1, -0.05) is 0 Å². The van der Waals surface area contributed by atoms with E-state index in [1.807, 2.05) is 0 Å². The molecule has 0 aliphatic heterocycles. The first kappa shape index (κ1) is 22.7. The second kappa shape index (κ2) is 9.04. The van der Waals surface area contributed by atoms with Crippen molar-refractivity contribution >= 4 is 11.9 Å². The Morgan fingerprint density at radius 2 is 1.59 bits per heavy atom. The van der Waals surface area contributed by atoms with Gasteiger partial charge < -0.3 is 18.9 Å². The molecule has 1 heterocycles. The molecular formula is C15H16F5NO6. The molecule has 0 aromatic carbocycles. The molecule has 7 nitrogen and oxygen atoms in total. The van der Waals surface area contributed by atoms with Gasteiger partial charge in [-0.25, -0.2) is 23.4 Å². The molecule has 0 aliphatic rings. The summed E-state index contributed by atoms with van der Waals surface area (Å²) in [6.45, 7) is 0.988. The Hall–Kier alpha value is -2.34. The SMILES string of the molecule is CCOC(=O)c1c(C(F)(F)F)nc(C(F)F)c(C(=O)OC)c1C(OC)OC. The van der Waals surface area contributed by atoms with Gasteiger partial charge in [0.15, 0.2) is 12.0 Å². The first-order valence-corrected chi connectivity index (χ1v) is 7.29. The van der Waals surface area contributed by atoms with Crippen molar-refractivity contribution in [2.24, 2.45) is 0 Å². The van der Waals surface area contributed by atoms with Gasteiger partial charge in [0.05, 0.1) is 24.8 Å². The lowest BCUT2D eigenvalue weighted by Crippen LogP contribution is -2.27. The minimum absolute atomic E-state index is 0.329. The van der Waals surface area contributed by atoms with E-state index < -0.39 is 58.9 Å². The van der Waals surface area contributed by atoms with Gasteiger partial charge in [0.25, 0.3) is 6.43 Å². The maximum atomic E-state index is 13.4. The van der Waals surface area contributed by atoms with E-state index >= 15 is 0 Å². The fraction of sp³-hybridized carbons (Fsp3) is 0.533. The number of carbonyl (C=O) groups is 2. The van der Waals surface area contributed by atoms with Crippen LogP contribution < -0.4 is 0 Å². The number of esters is 2. The average molecular weight is 401 g/mol.